The molecule has 1 aromatic heterocycles. The van der Waals surface area contributed by atoms with Crippen molar-refractivity contribution in [2.24, 2.45) is 0 Å². The maximum Gasteiger partial charge on any atom is 0.244 e. The van der Waals surface area contributed by atoms with E-state index in [1.807, 2.05) is 30.3 Å². The van der Waals surface area contributed by atoms with Gasteiger partial charge in [0.25, 0.3) is 0 Å². The first-order valence-corrected chi connectivity index (χ1v) is 4.94. The molecule has 3 nitrogen and oxygen atoms in total. The van der Waals surface area contributed by atoms with Crippen LogP contribution in [0.3, 0.4) is 0 Å². The minimum atomic E-state index is -0.155. The smallest absolute Gasteiger partial charge is 0.244 e. The molecule has 0 spiro atoms. The summed E-state index contributed by atoms with van der Waals surface area (Å²) in [6, 6.07) is 9.63. The van der Waals surface area contributed by atoms with Crippen LogP contribution in [0.1, 0.15) is 11.7 Å². The Labute approximate surface area is 93.3 Å². The monoisotopic (exact) mass is 212 g/mol. The molecule has 0 N–H and O–H groups in total. The van der Waals surface area contributed by atoms with Crippen LogP contribution in [0.4, 0.5) is 0 Å². The molecule has 16 heavy (non-hydrogen) atoms. The van der Waals surface area contributed by atoms with Crippen LogP contribution >= 0.6 is 0 Å². The van der Waals surface area contributed by atoms with Crippen molar-refractivity contribution in [3.63, 3.8) is 0 Å². The second-order valence-electron chi connectivity index (χ2n) is 3.57. The maximum absolute atomic E-state index is 11.3. The van der Waals surface area contributed by atoms with E-state index in [9.17, 15) is 4.79 Å². The Bertz CT molecular complexity index is 626. The van der Waals surface area contributed by atoms with Gasteiger partial charge in [0.2, 0.25) is 5.91 Å². The highest BCUT2D eigenvalue weighted by atomic mass is 16.2. The van der Waals surface area contributed by atoms with Crippen LogP contribution in [-0.2, 0) is 0 Å². The first-order chi connectivity index (χ1) is 7.61. The van der Waals surface area contributed by atoms with E-state index in [0.29, 0.717) is 16.3 Å². The molecule has 0 saturated carbocycles. The number of benzene rings is 1. The fourth-order valence-electron chi connectivity index (χ4n) is 1.57. The predicted molar refractivity (Wildman–Crippen MR) is 64.3 cm³/mol. The van der Waals surface area contributed by atoms with Gasteiger partial charge in [-0.3, -0.25) is 4.79 Å². The molecule has 0 amide bonds. The Kier molecular flexibility index (Phi) is 2.44. The molecule has 0 bridgehead atoms. The van der Waals surface area contributed by atoms with Gasteiger partial charge in [-0.1, -0.05) is 43.5 Å². The van der Waals surface area contributed by atoms with Gasteiger partial charge in [0.15, 0.2) is 0 Å². The van der Waals surface area contributed by atoms with Crippen molar-refractivity contribution < 1.29 is 4.79 Å². The molecule has 0 radical (unpaired) electrons. The molecular weight excluding hydrogens is 200 g/mol. The molecule has 3 heteroatoms. The van der Waals surface area contributed by atoms with Crippen molar-refractivity contribution in [3.05, 3.63) is 40.9 Å². The highest BCUT2D eigenvalue weighted by molar-refractivity contribution is 5.76. The highest BCUT2D eigenvalue weighted by Crippen LogP contribution is 2.10. The molecule has 0 aliphatic carbocycles. The van der Waals surface area contributed by atoms with Gasteiger partial charge in [0, 0.05) is 17.7 Å². The van der Waals surface area contributed by atoms with E-state index >= 15 is 0 Å². The summed E-state index contributed by atoms with van der Waals surface area (Å²) in [6.45, 7) is 9.16. The standard InChI is InChI=1S/C13H12N2O/c1-9-10(2)15(11(3)16)14-13(9)12-7-5-4-6-8-12/h4-8H,1-2H2,3H3. The van der Waals surface area contributed by atoms with Gasteiger partial charge in [0.1, 0.15) is 5.69 Å². The van der Waals surface area contributed by atoms with Crippen molar-refractivity contribution >= 4 is 19.1 Å². The highest BCUT2D eigenvalue weighted by Gasteiger charge is 2.08. The van der Waals surface area contributed by atoms with Gasteiger partial charge in [-0.25, -0.2) is 4.68 Å². The van der Waals surface area contributed by atoms with Gasteiger partial charge >= 0.3 is 0 Å². The molecule has 0 unspecified atom stereocenters. The molecule has 0 fully saturated rings. The number of carbonyl (C=O) groups excluding carboxylic acids is 1. The van der Waals surface area contributed by atoms with Crippen molar-refractivity contribution in [1.82, 2.24) is 9.78 Å². The summed E-state index contributed by atoms with van der Waals surface area (Å²) >= 11 is 0. The normalized spacial score (nSPS) is 10.3. The number of carbonyl (C=O) groups is 1. The van der Waals surface area contributed by atoms with E-state index in [0.717, 1.165) is 5.56 Å². The summed E-state index contributed by atoms with van der Waals surface area (Å²) in [6.07, 6.45) is 0. The Morgan fingerprint density at radius 2 is 1.88 bits per heavy atom. The molecule has 2 aromatic rings. The van der Waals surface area contributed by atoms with Crippen LogP contribution in [0.2, 0.25) is 0 Å². The average molecular weight is 212 g/mol. The lowest BCUT2D eigenvalue weighted by Gasteiger charge is -1.95. The third-order valence-electron chi connectivity index (χ3n) is 2.44. The lowest BCUT2D eigenvalue weighted by atomic mass is 10.1. The van der Waals surface area contributed by atoms with E-state index in [-0.39, 0.29) is 5.91 Å². The second-order valence-corrected chi connectivity index (χ2v) is 3.57. The molecule has 2 rings (SSSR count). The fraction of sp³-hybridized carbons (Fsp3) is 0.0769. The van der Waals surface area contributed by atoms with Crippen LogP contribution in [0.25, 0.3) is 24.4 Å². The number of hydrogen-bond donors (Lipinski definition) is 0. The fourth-order valence-corrected chi connectivity index (χ4v) is 1.57. The van der Waals surface area contributed by atoms with Crippen LogP contribution in [-0.4, -0.2) is 15.7 Å². The molecule has 1 aromatic carbocycles. The van der Waals surface area contributed by atoms with Gasteiger partial charge < -0.3 is 0 Å². The summed E-state index contributed by atoms with van der Waals surface area (Å²) < 4.78 is 1.28. The third kappa shape index (κ3) is 1.56. The molecule has 80 valence electrons. The Morgan fingerprint density at radius 1 is 1.25 bits per heavy atom. The summed E-state index contributed by atoms with van der Waals surface area (Å²) in [5.41, 5.74) is 1.65. The molecule has 1 heterocycles. The van der Waals surface area contributed by atoms with Crippen molar-refractivity contribution in [1.29, 1.82) is 0 Å². The Morgan fingerprint density at radius 3 is 2.38 bits per heavy atom. The van der Waals surface area contributed by atoms with Crippen LogP contribution in [0.5, 0.6) is 0 Å². The Balaban J connectivity index is 2.70. The van der Waals surface area contributed by atoms with Gasteiger partial charge in [-0.15, -0.1) is 0 Å². The Hall–Kier alpha value is -2.16. The zero-order valence-corrected chi connectivity index (χ0v) is 9.10. The predicted octanol–water partition coefficient (Wildman–Crippen LogP) is 1.03. The number of aromatic nitrogens is 2. The maximum atomic E-state index is 11.3. The second kappa shape index (κ2) is 3.77. The molecule has 0 atom stereocenters. The zero-order valence-electron chi connectivity index (χ0n) is 9.10. The van der Waals surface area contributed by atoms with Crippen molar-refractivity contribution in [3.8, 4) is 11.3 Å². The van der Waals surface area contributed by atoms with Gasteiger partial charge in [-0.05, 0) is 0 Å². The lowest BCUT2D eigenvalue weighted by Crippen LogP contribution is -2.30. The zero-order chi connectivity index (χ0) is 11.7. The van der Waals surface area contributed by atoms with Gasteiger partial charge in [0.05, 0.1) is 5.35 Å². The topological polar surface area (TPSA) is 34.9 Å². The largest absolute Gasteiger partial charge is 0.273 e. The molecule has 0 aliphatic rings. The SMILES string of the molecule is C=c1c(-c2ccccc2)nn(C(C)=O)c1=C. The van der Waals surface area contributed by atoms with Crippen LogP contribution in [0.15, 0.2) is 30.3 Å². The first-order valence-electron chi connectivity index (χ1n) is 4.94. The van der Waals surface area contributed by atoms with E-state index in [1.54, 1.807) is 0 Å². The van der Waals surface area contributed by atoms with Crippen LogP contribution < -0.4 is 10.6 Å². The minimum Gasteiger partial charge on any atom is -0.273 e. The summed E-state index contributed by atoms with van der Waals surface area (Å²) in [7, 11) is 0. The van der Waals surface area contributed by atoms with Gasteiger partial charge in [-0.2, -0.15) is 5.10 Å². The lowest BCUT2D eigenvalue weighted by molar-refractivity contribution is 0.0918. The number of hydrogen-bond acceptors (Lipinski definition) is 2. The molecular formula is C13H12N2O. The van der Waals surface area contributed by atoms with E-state index < -0.39 is 0 Å². The first kappa shape index (κ1) is 10.4. The molecule has 0 aliphatic heterocycles. The minimum absolute atomic E-state index is 0.155. The average Bonchev–Trinajstić information content (AvgIpc) is 2.58. The summed E-state index contributed by atoms with van der Waals surface area (Å²) in [4.78, 5) is 11.3. The summed E-state index contributed by atoms with van der Waals surface area (Å²) in [5, 5.41) is 5.46. The van der Waals surface area contributed by atoms with E-state index in [1.165, 1.54) is 11.6 Å². The van der Waals surface area contributed by atoms with Crippen molar-refractivity contribution in [2.75, 3.05) is 0 Å². The van der Waals surface area contributed by atoms with Crippen LogP contribution in [0, 0.1) is 0 Å². The third-order valence-corrected chi connectivity index (χ3v) is 2.44. The quantitative estimate of drug-likeness (QED) is 0.707. The van der Waals surface area contributed by atoms with E-state index in [4.69, 9.17) is 0 Å². The van der Waals surface area contributed by atoms with Crippen molar-refractivity contribution in [2.45, 2.75) is 6.92 Å². The number of rotatable bonds is 1. The number of nitrogens with zero attached hydrogens (tertiary/aromatic N) is 2. The van der Waals surface area contributed by atoms with E-state index in [2.05, 4.69) is 18.3 Å². The molecule has 0 saturated heterocycles. The summed E-state index contributed by atoms with van der Waals surface area (Å²) in [5.74, 6) is -0.155.